The third-order valence-electron chi connectivity index (χ3n) is 2.42. The zero-order valence-corrected chi connectivity index (χ0v) is 13.2. The highest BCUT2D eigenvalue weighted by atomic mass is 79.9. The average molecular weight is 386 g/mol. The molecule has 0 aliphatic heterocycles. The van der Waals surface area contributed by atoms with Crippen molar-refractivity contribution in [2.45, 2.75) is 0 Å². The summed E-state index contributed by atoms with van der Waals surface area (Å²) in [6, 6.07) is 12.2. The van der Waals surface area contributed by atoms with Crippen molar-refractivity contribution in [1.29, 1.82) is 0 Å². The van der Waals surface area contributed by atoms with E-state index in [1.54, 1.807) is 37.4 Å². The Morgan fingerprint density at radius 2 is 1.63 bits per heavy atom. The Bertz CT molecular complexity index is 594. The number of hydrogen-bond donors (Lipinski definition) is 0. The molecule has 0 saturated heterocycles. The molecule has 2 rings (SSSR count). The number of hydrogen-bond acceptors (Lipinski definition) is 3. The monoisotopic (exact) mass is 384 g/mol. The third kappa shape index (κ3) is 3.58. The molecule has 0 aliphatic rings. The summed E-state index contributed by atoms with van der Waals surface area (Å²) in [5.41, 5.74) is 0.419. The molecule has 0 aromatic heterocycles. The summed E-state index contributed by atoms with van der Waals surface area (Å²) in [5.74, 6) is 0.655. The standard InChI is InChI=1S/C14H10Br2O3/c1-18-11-6-7-13(16)12(8-11)14(17)19-10-4-2-9(15)3-5-10/h2-8H,1H3. The van der Waals surface area contributed by atoms with Gasteiger partial charge in [-0.25, -0.2) is 4.79 Å². The molecule has 0 unspecified atom stereocenters. The molecule has 19 heavy (non-hydrogen) atoms. The van der Waals surface area contributed by atoms with Gasteiger partial charge in [-0.15, -0.1) is 0 Å². The van der Waals surface area contributed by atoms with Gasteiger partial charge in [0, 0.05) is 8.95 Å². The first kappa shape index (κ1) is 14.1. The summed E-state index contributed by atoms with van der Waals surface area (Å²) in [5, 5.41) is 0. The Morgan fingerprint density at radius 3 is 2.26 bits per heavy atom. The van der Waals surface area contributed by atoms with Gasteiger partial charge in [0.1, 0.15) is 11.5 Å². The fourth-order valence-electron chi connectivity index (χ4n) is 1.45. The molecule has 0 amide bonds. The van der Waals surface area contributed by atoms with Crippen LogP contribution in [0.3, 0.4) is 0 Å². The highest BCUT2D eigenvalue weighted by Gasteiger charge is 2.13. The number of ether oxygens (including phenoxy) is 2. The van der Waals surface area contributed by atoms with Crippen LogP contribution < -0.4 is 9.47 Å². The number of halogens is 2. The molecule has 2 aromatic rings. The Labute approximate surface area is 127 Å². The van der Waals surface area contributed by atoms with Crippen molar-refractivity contribution in [2.75, 3.05) is 7.11 Å². The Balaban J connectivity index is 2.22. The van der Waals surface area contributed by atoms with Crippen molar-refractivity contribution >= 4 is 37.8 Å². The van der Waals surface area contributed by atoms with Gasteiger partial charge in [-0.2, -0.15) is 0 Å². The molecule has 0 fully saturated rings. The van der Waals surface area contributed by atoms with E-state index in [0.29, 0.717) is 21.5 Å². The van der Waals surface area contributed by atoms with Crippen molar-refractivity contribution < 1.29 is 14.3 Å². The summed E-state index contributed by atoms with van der Waals surface area (Å²) < 4.78 is 12.0. The van der Waals surface area contributed by atoms with Gasteiger partial charge < -0.3 is 9.47 Å². The second-order valence-electron chi connectivity index (χ2n) is 3.69. The first-order valence-corrected chi connectivity index (χ1v) is 7.00. The minimum Gasteiger partial charge on any atom is -0.497 e. The average Bonchev–Trinajstić information content (AvgIpc) is 2.42. The second-order valence-corrected chi connectivity index (χ2v) is 5.46. The van der Waals surface area contributed by atoms with E-state index in [4.69, 9.17) is 9.47 Å². The van der Waals surface area contributed by atoms with Crippen LogP contribution in [0.5, 0.6) is 11.5 Å². The highest BCUT2D eigenvalue weighted by molar-refractivity contribution is 9.10. The SMILES string of the molecule is COc1ccc(Br)c(C(=O)Oc2ccc(Br)cc2)c1. The van der Waals surface area contributed by atoms with Crippen LogP contribution in [0.2, 0.25) is 0 Å². The first-order valence-electron chi connectivity index (χ1n) is 5.41. The third-order valence-corrected chi connectivity index (χ3v) is 3.64. The molecule has 2 aromatic carbocycles. The van der Waals surface area contributed by atoms with Gasteiger partial charge in [0.2, 0.25) is 0 Å². The predicted molar refractivity (Wildman–Crippen MR) is 79.8 cm³/mol. The smallest absolute Gasteiger partial charge is 0.344 e. The number of carbonyl (C=O) groups excluding carboxylic acids is 1. The quantitative estimate of drug-likeness (QED) is 0.578. The van der Waals surface area contributed by atoms with Crippen LogP contribution in [0.15, 0.2) is 51.4 Å². The molecule has 0 aliphatic carbocycles. The number of carbonyl (C=O) groups is 1. The lowest BCUT2D eigenvalue weighted by molar-refractivity contribution is 0.0733. The lowest BCUT2D eigenvalue weighted by Gasteiger charge is -2.07. The van der Waals surface area contributed by atoms with Crippen molar-refractivity contribution in [1.82, 2.24) is 0 Å². The lowest BCUT2D eigenvalue weighted by atomic mass is 10.2. The first-order chi connectivity index (χ1) is 9.10. The number of rotatable bonds is 3. The van der Waals surface area contributed by atoms with E-state index in [9.17, 15) is 4.79 Å². The van der Waals surface area contributed by atoms with E-state index >= 15 is 0 Å². The Morgan fingerprint density at radius 1 is 1.00 bits per heavy atom. The van der Waals surface area contributed by atoms with Gasteiger partial charge in [0.25, 0.3) is 0 Å². The maximum Gasteiger partial charge on any atom is 0.344 e. The lowest BCUT2D eigenvalue weighted by Crippen LogP contribution is -2.09. The molecule has 0 atom stereocenters. The minimum absolute atomic E-state index is 0.419. The number of benzene rings is 2. The molecular weight excluding hydrogens is 376 g/mol. The summed E-state index contributed by atoms with van der Waals surface area (Å²) in [4.78, 5) is 12.1. The van der Waals surface area contributed by atoms with Crippen LogP contribution in [0.25, 0.3) is 0 Å². The van der Waals surface area contributed by atoms with Crippen molar-refractivity contribution in [3.8, 4) is 11.5 Å². The summed E-state index contributed by atoms with van der Waals surface area (Å²) in [6.07, 6.45) is 0. The number of methoxy groups -OCH3 is 1. The van der Waals surface area contributed by atoms with Crippen LogP contribution in [0.4, 0.5) is 0 Å². The van der Waals surface area contributed by atoms with Crippen LogP contribution in [-0.4, -0.2) is 13.1 Å². The van der Waals surface area contributed by atoms with Gasteiger partial charge in [-0.3, -0.25) is 0 Å². The fraction of sp³-hybridized carbons (Fsp3) is 0.0714. The maximum absolute atomic E-state index is 12.1. The zero-order chi connectivity index (χ0) is 13.8. The molecule has 0 bridgehead atoms. The molecule has 98 valence electrons. The van der Waals surface area contributed by atoms with Gasteiger partial charge in [0.05, 0.1) is 12.7 Å². The maximum atomic E-state index is 12.1. The highest BCUT2D eigenvalue weighted by Crippen LogP contribution is 2.24. The second kappa shape index (κ2) is 6.21. The van der Waals surface area contributed by atoms with Crippen molar-refractivity contribution in [2.24, 2.45) is 0 Å². The largest absolute Gasteiger partial charge is 0.497 e. The molecule has 0 radical (unpaired) electrons. The van der Waals surface area contributed by atoms with Crippen LogP contribution in [0.1, 0.15) is 10.4 Å². The summed E-state index contributed by atoms with van der Waals surface area (Å²) >= 11 is 6.64. The molecule has 0 spiro atoms. The normalized spacial score (nSPS) is 10.1. The molecular formula is C14H10Br2O3. The van der Waals surface area contributed by atoms with Crippen LogP contribution in [-0.2, 0) is 0 Å². The van der Waals surface area contributed by atoms with Gasteiger partial charge >= 0.3 is 5.97 Å². The van der Waals surface area contributed by atoms with E-state index in [-0.39, 0.29) is 0 Å². The predicted octanol–water partition coefficient (Wildman–Crippen LogP) is 4.44. The Hall–Kier alpha value is -1.33. The van der Waals surface area contributed by atoms with E-state index < -0.39 is 5.97 Å². The Kier molecular flexibility index (Phi) is 4.61. The zero-order valence-electron chi connectivity index (χ0n) is 10.0. The minimum atomic E-state index is -0.437. The molecule has 0 saturated carbocycles. The van der Waals surface area contributed by atoms with Gasteiger partial charge in [-0.05, 0) is 58.4 Å². The summed E-state index contributed by atoms with van der Waals surface area (Å²) in [6.45, 7) is 0. The molecule has 5 heteroatoms. The van der Waals surface area contributed by atoms with Gasteiger partial charge in [0.15, 0.2) is 0 Å². The van der Waals surface area contributed by atoms with E-state index in [1.807, 2.05) is 12.1 Å². The molecule has 0 N–H and O–H groups in total. The molecule has 3 nitrogen and oxygen atoms in total. The van der Waals surface area contributed by atoms with Crippen molar-refractivity contribution in [3.05, 3.63) is 57.0 Å². The van der Waals surface area contributed by atoms with E-state index in [2.05, 4.69) is 31.9 Å². The fourth-order valence-corrected chi connectivity index (χ4v) is 2.13. The van der Waals surface area contributed by atoms with E-state index in [0.717, 1.165) is 4.47 Å². The van der Waals surface area contributed by atoms with Gasteiger partial charge in [-0.1, -0.05) is 15.9 Å². The van der Waals surface area contributed by atoms with Crippen molar-refractivity contribution in [3.63, 3.8) is 0 Å². The topological polar surface area (TPSA) is 35.5 Å². The number of esters is 1. The van der Waals surface area contributed by atoms with Crippen LogP contribution in [0, 0.1) is 0 Å². The summed E-state index contributed by atoms with van der Waals surface area (Å²) in [7, 11) is 1.55. The molecule has 0 heterocycles. The van der Waals surface area contributed by atoms with E-state index in [1.165, 1.54) is 0 Å². The van der Waals surface area contributed by atoms with Crippen LogP contribution >= 0.6 is 31.9 Å².